The highest BCUT2D eigenvalue weighted by Gasteiger charge is 2.17. The van der Waals surface area contributed by atoms with E-state index in [0.29, 0.717) is 0 Å². The molecule has 0 bridgehead atoms. The quantitative estimate of drug-likeness (QED) is 0.840. The summed E-state index contributed by atoms with van der Waals surface area (Å²) in [5.41, 5.74) is 0.975. The van der Waals surface area contributed by atoms with Gasteiger partial charge in [0.25, 0.3) is 0 Å². The summed E-state index contributed by atoms with van der Waals surface area (Å²) < 4.78 is 5.63. The molecule has 1 unspecified atom stereocenters. The highest BCUT2D eigenvalue weighted by molar-refractivity contribution is 5.28. The smallest absolute Gasteiger partial charge is 0.119 e. The van der Waals surface area contributed by atoms with Crippen molar-refractivity contribution in [3.63, 3.8) is 0 Å². The molecule has 0 radical (unpaired) electrons. The molecule has 4 heteroatoms. The first kappa shape index (κ1) is 17.3. The molecule has 1 aliphatic rings. The van der Waals surface area contributed by atoms with Crippen LogP contribution in [0.1, 0.15) is 38.9 Å². The normalized spacial score (nSPS) is 18.6. The first-order valence-electron chi connectivity index (χ1n) is 8.48. The number of aliphatic hydroxyl groups excluding tert-OH is 1. The zero-order chi connectivity index (χ0) is 15.9. The Morgan fingerprint density at radius 2 is 1.64 bits per heavy atom. The van der Waals surface area contributed by atoms with E-state index >= 15 is 0 Å². The zero-order valence-electron chi connectivity index (χ0n) is 14.2. The van der Waals surface area contributed by atoms with E-state index < -0.39 is 6.10 Å². The van der Waals surface area contributed by atoms with Gasteiger partial charge in [0.2, 0.25) is 0 Å². The molecule has 1 heterocycles. The van der Waals surface area contributed by atoms with Crippen LogP contribution in [0.4, 0.5) is 0 Å². The second kappa shape index (κ2) is 8.51. The Morgan fingerprint density at radius 1 is 1.05 bits per heavy atom. The molecule has 0 aliphatic carbocycles. The number of ether oxygens (including phenoxy) is 1. The molecule has 1 atom stereocenters. The number of aliphatic hydroxyl groups is 1. The molecule has 0 aromatic heterocycles. The van der Waals surface area contributed by atoms with Gasteiger partial charge in [0.05, 0.1) is 12.2 Å². The van der Waals surface area contributed by atoms with Gasteiger partial charge in [-0.25, -0.2) is 0 Å². The molecule has 0 saturated carbocycles. The van der Waals surface area contributed by atoms with Crippen molar-refractivity contribution in [1.29, 1.82) is 0 Å². The number of likely N-dealkylation sites (N-methyl/N-ethyl adjacent to an activating group) is 1. The lowest BCUT2D eigenvalue weighted by atomic mass is 10.1. The Balaban J connectivity index is 1.76. The molecule has 22 heavy (non-hydrogen) atoms. The van der Waals surface area contributed by atoms with E-state index in [1.165, 1.54) is 0 Å². The van der Waals surface area contributed by atoms with Crippen molar-refractivity contribution in [2.75, 3.05) is 39.3 Å². The molecule has 0 spiro atoms. The first-order valence-corrected chi connectivity index (χ1v) is 8.48. The van der Waals surface area contributed by atoms with Crippen molar-refractivity contribution in [1.82, 2.24) is 9.80 Å². The minimum atomic E-state index is -0.391. The summed E-state index contributed by atoms with van der Waals surface area (Å²) in [4.78, 5) is 4.92. The maximum absolute atomic E-state index is 10.3. The van der Waals surface area contributed by atoms with Crippen molar-refractivity contribution >= 4 is 0 Å². The molecule has 1 aromatic rings. The van der Waals surface area contributed by atoms with Gasteiger partial charge < -0.3 is 19.6 Å². The number of hydrogen-bond donors (Lipinski definition) is 1. The van der Waals surface area contributed by atoms with Gasteiger partial charge in [-0.05, 0) is 44.5 Å². The molecule has 0 amide bonds. The van der Waals surface area contributed by atoms with Crippen LogP contribution in [0.5, 0.6) is 5.75 Å². The molecule has 1 aliphatic heterocycles. The second-order valence-corrected chi connectivity index (χ2v) is 6.32. The summed E-state index contributed by atoms with van der Waals surface area (Å²) in [6.45, 7) is 12.9. The molecule has 1 fully saturated rings. The van der Waals surface area contributed by atoms with Crippen LogP contribution in [0.15, 0.2) is 24.3 Å². The fraction of sp³-hybridized carbons (Fsp3) is 0.667. The summed E-state index contributed by atoms with van der Waals surface area (Å²) in [5.74, 6) is 0.863. The van der Waals surface area contributed by atoms with Crippen LogP contribution in [0.2, 0.25) is 0 Å². The van der Waals surface area contributed by atoms with Gasteiger partial charge in [0.15, 0.2) is 0 Å². The van der Waals surface area contributed by atoms with E-state index in [0.717, 1.165) is 57.0 Å². The third kappa shape index (κ3) is 5.27. The van der Waals surface area contributed by atoms with Gasteiger partial charge in [-0.15, -0.1) is 0 Å². The van der Waals surface area contributed by atoms with Crippen LogP contribution in [0.25, 0.3) is 0 Å². The maximum Gasteiger partial charge on any atom is 0.119 e. The number of rotatable bonds is 7. The van der Waals surface area contributed by atoms with E-state index in [4.69, 9.17) is 4.74 Å². The van der Waals surface area contributed by atoms with Crippen LogP contribution in [-0.4, -0.2) is 60.3 Å². The van der Waals surface area contributed by atoms with E-state index in [2.05, 4.69) is 16.7 Å². The average molecular weight is 306 g/mol. The summed E-state index contributed by atoms with van der Waals surface area (Å²) in [6.07, 6.45) is 0.575. The summed E-state index contributed by atoms with van der Waals surface area (Å²) in [5, 5.41) is 10.3. The highest BCUT2D eigenvalue weighted by Crippen LogP contribution is 2.21. The fourth-order valence-electron chi connectivity index (χ4n) is 2.84. The van der Waals surface area contributed by atoms with Gasteiger partial charge in [-0.1, -0.05) is 19.1 Å². The third-order valence-corrected chi connectivity index (χ3v) is 4.27. The molecular weight excluding hydrogens is 276 g/mol. The number of hydrogen-bond acceptors (Lipinski definition) is 4. The molecule has 2 rings (SSSR count). The Hall–Kier alpha value is -1.10. The predicted octanol–water partition coefficient (Wildman–Crippen LogP) is 2.53. The highest BCUT2D eigenvalue weighted by atomic mass is 16.5. The van der Waals surface area contributed by atoms with E-state index in [-0.39, 0.29) is 6.10 Å². The van der Waals surface area contributed by atoms with Crippen molar-refractivity contribution in [2.45, 2.75) is 39.4 Å². The molecule has 1 N–H and O–H groups in total. The van der Waals surface area contributed by atoms with Crippen LogP contribution in [-0.2, 0) is 0 Å². The standard InChI is InChI=1S/C18H30N2O2/c1-4-19-11-13-20(14-12-19)10-9-18(21)16-5-7-17(8-6-16)22-15(2)3/h5-8,15,18,21H,4,9-14H2,1-3H3. The largest absolute Gasteiger partial charge is 0.491 e. The van der Waals surface area contributed by atoms with E-state index in [9.17, 15) is 5.11 Å². The van der Waals surface area contributed by atoms with Crippen molar-refractivity contribution in [2.24, 2.45) is 0 Å². The Kier molecular flexibility index (Phi) is 6.68. The van der Waals surface area contributed by atoms with Crippen LogP contribution in [0, 0.1) is 0 Å². The van der Waals surface area contributed by atoms with Crippen LogP contribution >= 0.6 is 0 Å². The number of benzene rings is 1. The number of piperazine rings is 1. The monoisotopic (exact) mass is 306 g/mol. The predicted molar refractivity (Wildman–Crippen MR) is 90.3 cm³/mol. The zero-order valence-corrected chi connectivity index (χ0v) is 14.2. The van der Waals surface area contributed by atoms with E-state index in [1.54, 1.807) is 0 Å². The lowest BCUT2D eigenvalue weighted by Gasteiger charge is -2.34. The Labute approximate surface area is 134 Å². The SMILES string of the molecule is CCN1CCN(CCC(O)c2ccc(OC(C)C)cc2)CC1. The van der Waals surface area contributed by atoms with Crippen LogP contribution < -0.4 is 4.74 Å². The van der Waals surface area contributed by atoms with Gasteiger partial charge in [-0.3, -0.25) is 0 Å². The molecule has 1 saturated heterocycles. The average Bonchev–Trinajstić information content (AvgIpc) is 2.53. The van der Waals surface area contributed by atoms with Crippen molar-refractivity contribution in [3.05, 3.63) is 29.8 Å². The van der Waals surface area contributed by atoms with Crippen molar-refractivity contribution < 1.29 is 9.84 Å². The molecular formula is C18H30N2O2. The minimum Gasteiger partial charge on any atom is -0.491 e. The first-order chi connectivity index (χ1) is 10.6. The van der Waals surface area contributed by atoms with Gasteiger partial charge in [-0.2, -0.15) is 0 Å². The van der Waals surface area contributed by atoms with E-state index in [1.807, 2.05) is 38.1 Å². The third-order valence-electron chi connectivity index (χ3n) is 4.27. The van der Waals surface area contributed by atoms with Gasteiger partial charge in [0.1, 0.15) is 5.75 Å². The van der Waals surface area contributed by atoms with Crippen molar-refractivity contribution in [3.8, 4) is 5.75 Å². The van der Waals surface area contributed by atoms with Gasteiger partial charge in [0, 0.05) is 32.7 Å². The molecule has 1 aromatic carbocycles. The Morgan fingerprint density at radius 3 is 2.18 bits per heavy atom. The van der Waals surface area contributed by atoms with Crippen LogP contribution in [0.3, 0.4) is 0 Å². The number of nitrogens with zero attached hydrogens (tertiary/aromatic N) is 2. The Bertz CT molecular complexity index is 425. The summed E-state index contributed by atoms with van der Waals surface area (Å²) in [6, 6.07) is 7.83. The topological polar surface area (TPSA) is 35.9 Å². The summed E-state index contributed by atoms with van der Waals surface area (Å²) >= 11 is 0. The minimum absolute atomic E-state index is 0.178. The fourth-order valence-corrected chi connectivity index (χ4v) is 2.84. The summed E-state index contributed by atoms with van der Waals surface area (Å²) in [7, 11) is 0. The lowest BCUT2D eigenvalue weighted by molar-refractivity contribution is 0.105. The second-order valence-electron chi connectivity index (χ2n) is 6.32. The maximum atomic E-state index is 10.3. The van der Waals surface area contributed by atoms with Gasteiger partial charge >= 0.3 is 0 Å². The lowest BCUT2D eigenvalue weighted by Crippen LogP contribution is -2.46. The molecule has 4 nitrogen and oxygen atoms in total. The molecule has 124 valence electrons.